The van der Waals surface area contributed by atoms with Crippen LogP contribution in [0.25, 0.3) is 10.9 Å². The number of aldehydes is 1. The summed E-state index contributed by atoms with van der Waals surface area (Å²) < 4.78 is 14.9. The van der Waals surface area contributed by atoms with E-state index in [1.54, 1.807) is 18.3 Å². The molecule has 0 spiro atoms. The number of nitrogens with zero attached hydrogens (tertiary/aromatic N) is 4. The van der Waals surface area contributed by atoms with Crippen molar-refractivity contribution in [1.29, 1.82) is 0 Å². The molecule has 134 valence electrons. The van der Waals surface area contributed by atoms with Crippen LogP contribution < -0.4 is 11.1 Å². The van der Waals surface area contributed by atoms with Gasteiger partial charge in [-0.05, 0) is 35.9 Å². The lowest BCUT2D eigenvalue weighted by Crippen LogP contribution is -2.04. The first-order valence-corrected chi connectivity index (χ1v) is 8.17. The van der Waals surface area contributed by atoms with Crippen LogP contribution in [0.4, 0.5) is 21.7 Å². The van der Waals surface area contributed by atoms with Crippen LogP contribution in [0.3, 0.4) is 0 Å². The lowest BCUT2D eigenvalue weighted by Gasteiger charge is -2.09. The fourth-order valence-electron chi connectivity index (χ4n) is 2.82. The first kappa shape index (κ1) is 16.6. The molecule has 4 aromatic rings. The smallest absolute Gasteiger partial charge is 0.157 e. The van der Waals surface area contributed by atoms with E-state index in [9.17, 15) is 9.18 Å². The molecule has 0 aliphatic carbocycles. The molecular weight excluding hydrogens is 347 g/mol. The highest BCUT2D eigenvalue weighted by Crippen LogP contribution is 2.24. The topological polar surface area (TPSA) is 98.7 Å². The van der Waals surface area contributed by atoms with Gasteiger partial charge < -0.3 is 11.1 Å². The largest absolute Gasteiger partial charge is 0.383 e. The van der Waals surface area contributed by atoms with Crippen molar-refractivity contribution in [2.24, 2.45) is 0 Å². The SMILES string of the molecule is Nc1ncnc(Nc2ccc3c(cnn3Cc3ccc(F)cc3)c2)c1C=O. The van der Waals surface area contributed by atoms with Gasteiger partial charge in [-0.1, -0.05) is 12.1 Å². The maximum absolute atomic E-state index is 13.1. The summed E-state index contributed by atoms with van der Waals surface area (Å²) in [7, 11) is 0. The molecule has 0 unspecified atom stereocenters. The molecule has 3 N–H and O–H groups in total. The summed E-state index contributed by atoms with van der Waals surface area (Å²) in [6.45, 7) is 0.536. The minimum absolute atomic E-state index is 0.121. The van der Waals surface area contributed by atoms with Crippen molar-refractivity contribution in [3.63, 3.8) is 0 Å². The Balaban J connectivity index is 1.62. The monoisotopic (exact) mass is 362 g/mol. The Hall–Kier alpha value is -3.81. The number of fused-ring (bicyclic) bond motifs is 1. The van der Waals surface area contributed by atoms with Crippen LogP contribution in [0.5, 0.6) is 0 Å². The second-order valence-corrected chi connectivity index (χ2v) is 5.97. The van der Waals surface area contributed by atoms with E-state index in [1.165, 1.54) is 18.5 Å². The second-order valence-electron chi connectivity index (χ2n) is 5.97. The van der Waals surface area contributed by atoms with Crippen LogP contribution in [0.15, 0.2) is 55.0 Å². The molecular formula is C19H15FN6O. The maximum Gasteiger partial charge on any atom is 0.157 e. The van der Waals surface area contributed by atoms with Crippen molar-refractivity contribution >= 4 is 34.5 Å². The number of carbonyl (C=O) groups is 1. The predicted molar refractivity (Wildman–Crippen MR) is 100 cm³/mol. The number of rotatable bonds is 5. The highest BCUT2D eigenvalue weighted by Gasteiger charge is 2.10. The molecule has 4 rings (SSSR count). The van der Waals surface area contributed by atoms with E-state index >= 15 is 0 Å². The van der Waals surface area contributed by atoms with Gasteiger partial charge >= 0.3 is 0 Å². The highest BCUT2D eigenvalue weighted by molar-refractivity contribution is 5.90. The lowest BCUT2D eigenvalue weighted by molar-refractivity contribution is 0.112. The van der Waals surface area contributed by atoms with Crippen molar-refractivity contribution in [3.05, 3.63) is 71.9 Å². The minimum Gasteiger partial charge on any atom is -0.383 e. The van der Waals surface area contributed by atoms with E-state index in [-0.39, 0.29) is 17.2 Å². The predicted octanol–water partition coefficient (Wildman–Crippen LogP) is 3.15. The number of carbonyl (C=O) groups excluding carboxylic acids is 1. The average molecular weight is 362 g/mol. The molecule has 0 aliphatic rings. The summed E-state index contributed by atoms with van der Waals surface area (Å²) in [5.41, 5.74) is 8.54. The Kier molecular flexibility index (Phi) is 4.21. The summed E-state index contributed by atoms with van der Waals surface area (Å²) in [5, 5.41) is 8.40. The van der Waals surface area contributed by atoms with Gasteiger partial charge in [0.15, 0.2) is 6.29 Å². The Morgan fingerprint density at radius 1 is 1.15 bits per heavy atom. The summed E-state index contributed by atoms with van der Waals surface area (Å²) in [5.74, 6) is 0.200. The van der Waals surface area contributed by atoms with Crippen LogP contribution in [0.1, 0.15) is 15.9 Å². The number of nitrogens with two attached hydrogens (primary N) is 1. The van der Waals surface area contributed by atoms with Gasteiger partial charge in [0, 0.05) is 11.1 Å². The van der Waals surface area contributed by atoms with Crippen molar-refractivity contribution in [2.45, 2.75) is 6.54 Å². The first-order valence-electron chi connectivity index (χ1n) is 8.17. The molecule has 27 heavy (non-hydrogen) atoms. The number of nitrogens with one attached hydrogen (secondary N) is 1. The Bertz CT molecular complexity index is 1120. The third-order valence-corrected chi connectivity index (χ3v) is 4.18. The first-order chi connectivity index (χ1) is 13.1. The Labute approximate surface area is 153 Å². The van der Waals surface area contributed by atoms with Crippen molar-refractivity contribution in [2.75, 3.05) is 11.1 Å². The van der Waals surface area contributed by atoms with E-state index in [0.29, 0.717) is 18.6 Å². The summed E-state index contributed by atoms with van der Waals surface area (Å²) in [4.78, 5) is 19.1. The van der Waals surface area contributed by atoms with Crippen LogP contribution in [0, 0.1) is 5.82 Å². The Morgan fingerprint density at radius 3 is 2.74 bits per heavy atom. The molecule has 0 fully saturated rings. The fraction of sp³-hybridized carbons (Fsp3) is 0.0526. The van der Waals surface area contributed by atoms with Gasteiger partial charge in [-0.15, -0.1) is 0 Å². The summed E-state index contributed by atoms with van der Waals surface area (Å²) in [6.07, 6.45) is 3.67. The molecule has 0 bridgehead atoms. The molecule has 7 nitrogen and oxygen atoms in total. The molecule has 8 heteroatoms. The number of hydrogen-bond donors (Lipinski definition) is 2. The molecule has 0 amide bonds. The van der Waals surface area contributed by atoms with Gasteiger partial charge in [-0.3, -0.25) is 9.48 Å². The number of nitrogen functional groups attached to an aromatic ring is 1. The van der Waals surface area contributed by atoms with Crippen molar-refractivity contribution in [1.82, 2.24) is 19.7 Å². The van der Waals surface area contributed by atoms with Crippen LogP contribution in [-0.4, -0.2) is 26.0 Å². The molecule has 0 saturated carbocycles. The molecule has 0 radical (unpaired) electrons. The van der Waals surface area contributed by atoms with Gasteiger partial charge in [0.25, 0.3) is 0 Å². The van der Waals surface area contributed by atoms with E-state index in [1.807, 2.05) is 22.9 Å². The van der Waals surface area contributed by atoms with E-state index in [2.05, 4.69) is 20.4 Å². The maximum atomic E-state index is 13.1. The fourth-order valence-corrected chi connectivity index (χ4v) is 2.82. The van der Waals surface area contributed by atoms with Gasteiger partial charge in [-0.25, -0.2) is 14.4 Å². The van der Waals surface area contributed by atoms with Gasteiger partial charge in [0.05, 0.1) is 23.8 Å². The number of halogens is 1. The number of aromatic nitrogens is 4. The zero-order valence-corrected chi connectivity index (χ0v) is 14.1. The lowest BCUT2D eigenvalue weighted by atomic mass is 10.2. The Morgan fingerprint density at radius 2 is 1.96 bits per heavy atom. The van der Waals surface area contributed by atoms with Crippen LogP contribution in [-0.2, 0) is 6.54 Å². The number of anilines is 3. The zero-order chi connectivity index (χ0) is 18.8. The van der Waals surface area contributed by atoms with Crippen LogP contribution in [0.2, 0.25) is 0 Å². The third kappa shape index (κ3) is 3.32. The van der Waals surface area contributed by atoms with Gasteiger partial charge in [0.1, 0.15) is 23.8 Å². The summed E-state index contributed by atoms with van der Waals surface area (Å²) in [6, 6.07) is 12.0. The van der Waals surface area contributed by atoms with E-state index < -0.39 is 0 Å². The third-order valence-electron chi connectivity index (χ3n) is 4.18. The zero-order valence-electron chi connectivity index (χ0n) is 14.1. The second kappa shape index (κ2) is 6.83. The van der Waals surface area contributed by atoms with Gasteiger partial charge in [-0.2, -0.15) is 5.10 Å². The minimum atomic E-state index is -0.264. The molecule has 0 saturated heterocycles. The van der Waals surface area contributed by atoms with E-state index in [0.717, 1.165) is 22.2 Å². The molecule has 0 atom stereocenters. The molecule has 0 aliphatic heterocycles. The van der Waals surface area contributed by atoms with Crippen LogP contribution >= 0.6 is 0 Å². The number of hydrogen-bond acceptors (Lipinski definition) is 6. The average Bonchev–Trinajstić information content (AvgIpc) is 3.06. The molecule has 2 aromatic carbocycles. The number of benzene rings is 2. The summed E-state index contributed by atoms with van der Waals surface area (Å²) >= 11 is 0. The highest BCUT2D eigenvalue weighted by atomic mass is 19.1. The van der Waals surface area contributed by atoms with Crippen molar-refractivity contribution < 1.29 is 9.18 Å². The molecule has 2 aromatic heterocycles. The van der Waals surface area contributed by atoms with E-state index in [4.69, 9.17) is 5.73 Å². The molecule has 2 heterocycles. The standard InChI is InChI=1S/C19H15FN6O/c20-14-3-1-12(2-4-14)9-26-17-6-5-15(7-13(17)8-24-26)25-19-16(10-27)18(21)22-11-23-19/h1-8,10-11H,9H2,(H3,21,22,23,25). The quantitative estimate of drug-likeness (QED) is 0.529. The van der Waals surface area contributed by atoms with Crippen molar-refractivity contribution in [3.8, 4) is 0 Å². The normalized spacial score (nSPS) is 10.9. The van der Waals surface area contributed by atoms with Gasteiger partial charge in [0.2, 0.25) is 0 Å².